The van der Waals surface area contributed by atoms with Gasteiger partial charge in [0, 0.05) is 51.5 Å². The topological polar surface area (TPSA) is 82.5 Å². The smallest absolute Gasteiger partial charge is 0.317 e. The zero-order chi connectivity index (χ0) is 16.1. The lowest BCUT2D eigenvalue weighted by molar-refractivity contribution is -0.134. The Balaban J connectivity index is 0.00000264. The van der Waals surface area contributed by atoms with Crippen LogP contribution in [0.5, 0.6) is 0 Å². The van der Waals surface area contributed by atoms with E-state index in [1.165, 1.54) is 0 Å². The van der Waals surface area contributed by atoms with Crippen LogP contribution < -0.4 is 10.6 Å². The zero-order valence-corrected chi connectivity index (χ0v) is 14.6. The van der Waals surface area contributed by atoms with Gasteiger partial charge in [0.05, 0.1) is 6.20 Å². The maximum Gasteiger partial charge on any atom is 0.317 e. The van der Waals surface area contributed by atoms with E-state index in [2.05, 4.69) is 15.7 Å². The number of piperazine rings is 1. The molecule has 0 aromatic carbocycles. The van der Waals surface area contributed by atoms with Gasteiger partial charge in [-0.1, -0.05) is 0 Å². The molecule has 1 aliphatic rings. The van der Waals surface area contributed by atoms with Gasteiger partial charge in [-0.05, 0) is 14.0 Å². The summed E-state index contributed by atoms with van der Waals surface area (Å²) >= 11 is 0. The highest BCUT2D eigenvalue weighted by molar-refractivity contribution is 5.85. The third-order valence-corrected chi connectivity index (χ3v) is 3.80. The highest BCUT2D eigenvalue weighted by atomic mass is 35.5. The Labute approximate surface area is 142 Å². The molecule has 0 bridgehead atoms. The number of likely N-dealkylation sites (N-methyl/N-ethyl adjacent to an activating group) is 1. The predicted molar refractivity (Wildman–Crippen MR) is 89.5 cm³/mol. The molecule has 23 heavy (non-hydrogen) atoms. The van der Waals surface area contributed by atoms with Crippen molar-refractivity contribution in [3.63, 3.8) is 0 Å². The number of aryl methyl sites for hydroxylation is 1. The Hall–Kier alpha value is -1.80. The summed E-state index contributed by atoms with van der Waals surface area (Å²) in [6.07, 6.45) is 3.54. The molecule has 9 heteroatoms. The van der Waals surface area contributed by atoms with Crippen LogP contribution in [0.1, 0.15) is 18.5 Å². The van der Waals surface area contributed by atoms with E-state index in [0.29, 0.717) is 32.7 Å². The zero-order valence-electron chi connectivity index (χ0n) is 13.8. The number of hydrogen-bond donors (Lipinski definition) is 2. The van der Waals surface area contributed by atoms with Crippen molar-refractivity contribution in [2.75, 3.05) is 39.8 Å². The second kappa shape index (κ2) is 8.73. The van der Waals surface area contributed by atoms with Crippen molar-refractivity contribution < 1.29 is 9.59 Å². The molecule has 1 unspecified atom stereocenters. The molecule has 2 heterocycles. The summed E-state index contributed by atoms with van der Waals surface area (Å²) in [7, 11) is 3.59. The number of halogens is 1. The average molecular weight is 345 g/mol. The van der Waals surface area contributed by atoms with Gasteiger partial charge in [0.25, 0.3) is 0 Å². The summed E-state index contributed by atoms with van der Waals surface area (Å²) in [5.41, 5.74) is 0.848. The average Bonchev–Trinajstić information content (AvgIpc) is 2.94. The lowest BCUT2D eigenvalue weighted by Crippen LogP contribution is -2.54. The van der Waals surface area contributed by atoms with Gasteiger partial charge in [0.2, 0.25) is 5.91 Å². The fraction of sp³-hybridized carbons (Fsp3) is 0.643. The minimum atomic E-state index is -0.398. The minimum Gasteiger partial charge on any atom is -0.338 e. The van der Waals surface area contributed by atoms with E-state index in [9.17, 15) is 9.59 Å². The second-order valence-electron chi connectivity index (χ2n) is 5.32. The van der Waals surface area contributed by atoms with Crippen molar-refractivity contribution in [2.45, 2.75) is 13.0 Å². The van der Waals surface area contributed by atoms with Crippen LogP contribution in [0.25, 0.3) is 0 Å². The molecule has 1 aromatic rings. The molecule has 1 fully saturated rings. The Bertz CT molecular complexity index is 527. The first-order valence-electron chi connectivity index (χ1n) is 7.54. The Morgan fingerprint density at radius 2 is 1.87 bits per heavy atom. The molecule has 8 nitrogen and oxygen atoms in total. The molecular weight excluding hydrogens is 320 g/mol. The summed E-state index contributed by atoms with van der Waals surface area (Å²) in [4.78, 5) is 28.0. The predicted octanol–water partition coefficient (Wildman–Crippen LogP) is -0.0239. The molecule has 3 amide bonds. The maximum atomic E-state index is 12.6. The van der Waals surface area contributed by atoms with Crippen LogP contribution in [0.4, 0.5) is 4.79 Å². The van der Waals surface area contributed by atoms with Crippen molar-refractivity contribution in [1.29, 1.82) is 0 Å². The van der Waals surface area contributed by atoms with E-state index in [4.69, 9.17) is 0 Å². The van der Waals surface area contributed by atoms with Crippen LogP contribution >= 0.6 is 12.4 Å². The first-order valence-corrected chi connectivity index (χ1v) is 7.54. The van der Waals surface area contributed by atoms with Crippen LogP contribution in [0.15, 0.2) is 12.4 Å². The number of urea groups is 1. The number of carbonyl (C=O) groups excluding carboxylic acids is 2. The fourth-order valence-electron chi connectivity index (χ4n) is 2.60. The summed E-state index contributed by atoms with van der Waals surface area (Å²) in [5, 5.41) is 9.94. The van der Waals surface area contributed by atoms with Crippen molar-refractivity contribution in [3.8, 4) is 0 Å². The highest BCUT2D eigenvalue weighted by Gasteiger charge is 2.29. The summed E-state index contributed by atoms with van der Waals surface area (Å²) in [5.74, 6) is 0.0195. The van der Waals surface area contributed by atoms with E-state index in [1.54, 1.807) is 27.7 Å². The molecule has 1 aliphatic heterocycles. The molecule has 1 saturated heterocycles. The monoisotopic (exact) mass is 344 g/mol. The number of aromatic nitrogens is 2. The largest absolute Gasteiger partial charge is 0.338 e. The first kappa shape index (κ1) is 19.2. The second-order valence-corrected chi connectivity index (χ2v) is 5.32. The van der Waals surface area contributed by atoms with Gasteiger partial charge in [-0.25, -0.2) is 4.79 Å². The highest BCUT2D eigenvalue weighted by Crippen LogP contribution is 2.16. The van der Waals surface area contributed by atoms with E-state index in [0.717, 1.165) is 5.56 Å². The van der Waals surface area contributed by atoms with Crippen molar-refractivity contribution in [1.82, 2.24) is 30.2 Å². The van der Waals surface area contributed by atoms with Crippen LogP contribution in [0.3, 0.4) is 0 Å². The normalized spacial score (nSPS) is 15.8. The number of nitrogens with one attached hydrogen (secondary N) is 2. The van der Waals surface area contributed by atoms with Crippen molar-refractivity contribution in [2.24, 2.45) is 7.05 Å². The van der Waals surface area contributed by atoms with Crippen molar-refractivity contribution in [3.05, 3.63) is 18.0 Å². The molecule has 130 valence electrons. The number of carbonyl (C=O) groups is 2. The molecule has 2 rings (SSSR count). The molecule has 0 aliphatic carbocycles. The van der Waals surface area contributed by atoms with E-state index in [1.807, 2.05) is 20.2 Å². The van der Waals surface area contributed by atoms with Gasteiger partial charge < -0.3 is 20.4 Å². The van der Waals surface area contributed by atoms with Gasteiger partial charge in [0.15, 0.2) is 0 Å². The fourth-order valence-corrected chi connectivity index (χ4v) is 2.60. The number of hydrogen-bond acceptors (Lipinski definition) is 4. The molecule has 1 atom stereocenters. The van der Waals surface area contributed by atoms with Gasteiger partial charge in [-0.2, -0.15) is 5.10 Å². The Kier molecular flexibility index (Phi) is 7.31. The molecular formula is C14H25ClN6O2. The van der Waals surface area contributed by atoms with Crippen LogP contribution in [-0.4, -0.2) is 71.3 Å². The third-order valence-electron chi connectivity index (χ3n) is 3.80. The van der Waals surface area contributed by atoms with Gasteiger partial charge in [-0.3, -0.25) is 9.48 Å². The summed E-state index contributed by atoms with van der Waals surface area (Å²) in [6.45, 7) is 4.72. The third kappa shape index (κ3) is 4.59. The molecule has 0 radical (unpaired) electrons. The van der Waals surface area contributed by atoms with Crippen molar-refractivity contribution >= 4 is 24.3 Å². The molecule has 0 spiro atoms. The van der Waals surface area contributed by atoms with Gasteiger partial charge >= 0.3 is 6.03 Å². The molecule has 1 aromatic heterocycles. The minimum absolute atomic E-state index is 0. The lowest BCUT2D eigenvalue weighted by atomic mass is 10.1. The molecule has 0 saturated carbocycles. The summed E-state index contributed by atoms with van der Waals surface area (Å²) < 4.78 is 1.68. The quantitative estimate of drug-likeness (QED) is 0.804. The van der Waals surface area contributed by atoms with E-state index < -0.39 is 6.04 Å². The van der Waals surface area contributed by atoms with Crippen LogP contribution in [0, 0.1) is 0 Å². The number of nitrogens with zero attached hydrogens (tertiary/aromatic N) is 4. The Morgan fingerprint density at radius 1 is 1.26 bits per heavy atom. The van der Waals surface area contributed by atoms with E-state index >= 15 is 0 Å². The van der Waals surface area contributed by atoms with Gasteiger partial charge in [0.1, 0.15) is 6.04 Å². The lowest BCUT2D eigenvalue weighted by Gasteiger charge is -2.36. The van der Waals surface area contributed by atoms with E-state index in [-0.39, 0.29) is 24.3 Å². The number of rotatable bonds is 4. The van der Waals surface area contributed by atoms with Crippen LogP contribution in [0.2, 0.25) is 0 Å². The molecule has 2 N–H and O–H groups in total. The maximum absolute atomic E-state index is 12.6. The first-order chi connectivity index (χ1) is 10.6. The summed E-state index contributed by atoms with van der Waals surface area (Å²) in [6, 6.07) is -0.461. The van der Waals surface area contributed by atoms with Crippen LogP contribution in [-0.2, 0) is 11.8 Å². The standard InChI is InChI=1S/C14H24N6O2.ClH/c1-4-16-14(22)20-7-5-19(6-8-20)13(21)12(15-2)11-9-17-18(3)10-11;/h9-10,12,15H,4-8H2,1-3H3,(H,16,22);1H. The number of amides is 3. The SMILES string of the molecule is CCNC(=O)N1CCN(C(=O)C(NC)c2cnn(C)c2)CC1.Cl. The van der Waals surface area contributed by atoms with Gasteiger partial charge in [-0.15, -0.1) is 12.4 Å². The Morgan fingerprint density at radius 3 is 2.35 bits per heavy atom.